The molecular weight excluding hydrogens is 340 g/mol. The summed E-state index contributed by atoms with van der Waals surface area (Å²) in [4.78, 5) is 4.39. The molecule has 0 atom stereocenters. The van der Waals surface area contributed by atoms with E-state index in [9.17, 15) is 0 Å². The molecule has 3 rings (SSSR count). The molecular formula is C15H10BrClN2O. The number of hydrogen-bond donors (Lipinski definition) is 0. The topological polar surface area (TPSA) is 38.9 Å². The van der Waals surface area contributed by atoms with Gasteiger partial charge in [0, 0.05) is 10.0 Å². The molecule has 2 aromatic carbocycles. The quantitative estimate of drug-likeness (QED) is 0.644. The number of halogens is 2. The van der Waals surface area contributed by atoms with E-state index in [1.807, 2.05) is 49.4 Å². The summed E-state index contributed by atoms with van der Waals surface area (Å²) in [6.07, 6.45) is 0. The van der Waals surface area contributed by atoms with Crippen LogP contribution in [0.5, 0.6) is 0 Å². The molecule has 20 heavy (non-hydrogen) atoms. The minimum atomic E-state index is 0.424. The molecule has 0 unspecified atom stereocenters. The van der Waals surface area contributed by atoms with Crippen LogP contribution < -0.4 is 0 Å². The van der Waals surface area contributed by atoms with Gasteiger partial charge in [0.15, 0.2) is 0 Å². The predicted octanol–water partition coefficient (Wildman–Crippen LogP) is 5.13. The monoisotopic (exact) mass is 348 g/mol. The second kappa shape index (κ2) is 5.38. The molecule has 0 fully saturated rings. The lowest BCUT2D eigenvalue weighted by atomic mass is 10.1. The molecule has 3 aromatic rings. The molecule has 0 saturated heterocycles. The van der Waals surface area contributed by atoms with Crippen LogP contribution in [0.25, 0.3) is 22.8 Å². The molecule has 0 amide bonds. The largest absolute Gasteiger partial charge is 0.334 e. The maximum absolute atomic E-state index is 6.21. The van der Waals surface area contributed by atoms with Crippen LogP contribution in [0.1, 0.15) is 5.56 Å². The van der Waals surface area contributed by atoms with Crippen LogP contribution in [0.2, 0.25) is 5.02 Å². The van der Waals surface area contributed by atoms with Crippen molar-refractivity contribution in [2.45, 2.75) is 6.92 Å². The first-order chi connectivity index (χ1) is 9.63. The van der Waals surface area contributed by atoms with Crippen molar-refractivity contribution in [3.63, 3.8) is 0 Å². The Balaban J connectivity index is 1.99. The number of aromatic nitrogens is 2. The van der Waals surface area contributed by atoms with Gasteiger partial charge >= 0.3 is 0 Å². The number of hydrogen-bond acceptors (Lipinski definition) is 3. The number of aryl methyl sites for hydroxylation is 1. The molecule has 0 N–H and O–H groups in total. The molecule has 0 aliphatic rings. The van der Waals surface area contributed by atoms with Gasteiger partial charge in [-0.3, -0.25) is 0 Å². The molecule has 0 radical (unpaired) electrons. The number of benzene rings is 2. The summed E-state index contributed by atoms with van der Waals surface area (Å²) in [6, 6.07) is 13.4. The number of nitrogens with zero attached hydrogens (tertiary/aromatic N) is 2. The van der Waals surface area contributed by atoms with Gasteiger partial charge in [-0.1, -0.05) is 38.8 Å². The molecule has 0 aliphatic carbocycles. The van der Waals surface area contributed by atoms with Crippen LogP contribution in [0.4, 0.5) is 0 Å². The fraction of sp³-hybridized carbons (Fsp3) is 0.0667. The summed E-state index contributed by atoms with van der Waals surface area (Å²) in [7, 11) is 0. The van der Waals surface area contributed by atoms with E-state index < -0.39 is 0 Å². The molecule has 0 bridgehead atoms. The van der Waals surface area contributed by atoms with Gasteiger partial charge in [-0.15, -0.1) is 0 Å². The standard InChI is InChI=1S/C15H10BrClN2O/c1-9-2-7-12(13(17)8-9)15-18-14(19-20-15)10-3-5-11(16)6-4-10/h2-8H,1H3. The van der Waals surface area contributed by atoms with E-state index in [-0.39, 0.29) is 0 Å². The summed E-state index contributed by atoms with van der Waals surface area (Å²) in [5, 5.41) is 4.60. The van der Waals surface area contributed by atoms with Crippen LogP contribution in [0, 0.1) is 6.92 Å². The second-order valence-electron chi connectivity index (χ2n) is 4.41. The molecule has 1 aromatic heterocycles. The Morgan fingerprint density at radius 1 is 1.10 bits per heavy atom. The predicted molar refractivity (Wildman–Crippen MR) is 82.6 cm³/mol. The van der Waals surface area contributed by atoms with E-state index in [1.54, 1.807) is 0 Å². The fourth-order valence-electron chi connectivity index (χ4n) is 1.84. The van der Waals surface area contributed by atoms with Gasteiger partial charge in [-0.2, -0.15) is 4.98 Å². The van der Waals surface area contributed by atoms with E-state index in [4.69, 9.17) is 16.1 Å². The third kappa shape index (κ3) is 2.62. The Morgan fingerprint density at radius 3 is 2.55 bits per heavy atom. The lowest BCUT2D eigenvalue weighted by Crippen LogP contribution is -1.83. The number of rotatable bonds is 2. The Labute approximate surface area is 129 Å². The van der Waals surface area contributed by atoms with E-state index in [0.717, 1.165) is 21.2 Å². The van der Waals surface area contributed by atoms with Crippen molar-refractivity contribution in [2.24, 2.45) is 0 Å². The summed E-state index contributed by atoms with van der Waals surface area (Å²) in [5.74, 6) is 0.970. The highest BCUT2D eigenvalue weighted by molar-refractivity contribution is 9.10. The summed E-state index contributed by atoms with van der Waals surface area (Å²) in [6.45, 7) is 1.98. The van der Waals surface area contributed by atoms with Gasteiger partial charge < -0.3 is 4.52 Å². The minimum absolute atomic E-state index is 0.424. The van der Waals surface area contributed by atoms with Crippen LogP contribution in [0.15, 0.2) is 51.5 Å². The zero-order valence-electron chi connectivity index (χ0n) is 10.6. The van der Waals surface area contributed by atoms with Crippen LogP contribution in [0.3, 0.4) is 0 Å². The Bertz CT molecular complexity index is 753. The zero-order valence-corrected chi connectivity index (χ0v) is 12.9. The van der Waals surface area contributed by atoms with Crippen molar-refractivity contribution >= 4 is 27.5 Å². The molecule has 0 spiro atoms. The maximum atomic E-state index is 6.21. The van der Waals surface area contributed by atoms with E-state index in [0.29, 0.717) is 16.7 Å². The Hall–Kier alpha value is -1.65. The van der Waals surface area contributed by atoms with Crippen LogP contribution in [-0.4, -0.2) is 10.1 Å². The molecule has 1 heterocycles. The highest BCUT2D eigenvalue weighted by Gasteiger charge is 2.13. The van der Waals surface area contributed by atoms with Crippen LogP contribution >= 0.6 is 27.5 Å². The van der Waals surface area contributed by atoms with Gasteiger partial charge in [0.05, 0.1) is 10.6 Å². The lowest BCUT2D eigenvalue weighted by molar-refractivity contribution is 0.432. The first kappa shape index (κ1) is 13.3. The third-order valence-corrected chi connectivity index (χ3v) is 3.72. The van der Waals surface area contributed by atoms with Gasteiger partial charge in [-0.05, 0) is 48.9 Å². The smallest absolute Gasteiger partial charge is 0.259 e. The van der Waals surface area contributed by atoms with Gasteiger partial charge in [0.1, 0.15) is 0 Å². The van der Waals surface area contributed by atoms with Gasteiger partial charge in [-0.25, -0.2) is 0 Å². The van der Waals surface area contributed by atoms with E-state index >= 15 is 0 Å². The minimum Gasteiger partial charge on any atom is -0.334 e. The normalized spacial score (nSPS) is 10.8. The van der Waals surface area contributed by atoms with Crippen molar-refractivity contribution in [3.05, 3.63) is 57.5 Å². The molecule has 0 saturated carbocycles. The SMILES string of the molecule is Cc1ccc(-c2nc(-c3ccc(Br)cc3)no2)c(Cl)c1. The maximum Gasteiger partial charge on any atom is 0.259 e. The Morgan fingerprint density at radius 2 is 1.85 bits per heavy atom. The summed E-state index contributed by atoms with van der Waals surface area (Å²) < 4.78 is 6.30. The zero-order chi connectivity index (χ0) is 14.1. The molecule has 5 heteroatoms. The molecule has 0 aliphatic heterocycles. The van der Waals surface area contributed by atoms with Crippen molar-refractivity contribution in [3.8, 4) is 22.8 Å². The Kier molecular flexibility index (Phi) is 3.59. The van der Waals surface area contributed by atoms with Crippen molar-refractivity contribution in [1.29, 1.82) is 0 Å². The highest BCUT2D eigenvalue weighted by atomic mass is 79.9. The molecule has 100 valence electrons. The summed E-state index contributed by atoms with van der Waals surface area (Å²) >= 11 is 9.60. The van der Waals surface area contributed by atoms with Crippen molar-refractivity contribution < 1.29 is 4.52 Å². The average molecular weight is 350 g/mol. The first-order valence-corrected chi connectivity index (χ1v) is 7.17. The first-order valence-electron chi connectivity index (χ1n) is 5.99. The lowest BCUT2D eigenvalue weighted by Gasteiger charge is -1.99. The van der Waals surface area contributed by atoms with Gasteiger partial charge in [0.2, 0.25) is 5.82 Å². The third-order valence-electron chi connectivity index (χ3n) is 2.88. The molecule has 3 nitrogen and oxygen atoms in total. The fourth-order valence-corrected chi connectivity index (χ4v) is 2.42. The van der Waals surface area contributed by atoms with Crippen molar-refractivity contribution in [1.82, 2.24) is 10.1 Å². The summed E-state index contributed by atoms with van der Waals surface area (Å²) in [5.41, 5.74) is 2.73. The van der Waals surface area contributed by atoms with Crippen LogP contribution in [-0.2, 0) is 0 Å². The highest BCUT2D eigenvalue weighted by Crippen LogP contribution is 2.29. The van der Waals surface area contributed by atoms with Gasteiger partial charge in [0.25, 0.3) is 5.89 Å². The van der Waals surface area contributed by atoms with E-state index in [1.165, 1.54) is 0 Å². The average Bonchev–Trinajstić information content (AvgIpc) is 2.89. The second-order valence-corrected chi connectivity index (χ2v) is 5.74. The van der Waals surface area contributed by atoms with Crippen molar-refractivity contribution in [2.75, 3.05) is 0 Å². The van der Waals surface area contributed by atoms with E-state index in [2.05, 4.69) is 26.1 Å².